The molecule has 0 fully saturated rings. The predicted octanol–water partition coefficient (Wildman–Crippen LogP) is 8.20. The fourth-order valence-corrected chi connectivity index (χ4v) is 24.6. The Labute approximate surface area is 237 Å². The molecule has 3 aromatic carbocycles. The molecule has 3 rings (SSSR count). The maximum atomic E-state index is 2.77. The second-order valence-electron chi connectivity index (χ2n) is 13.2. The van der Waals surface area contributed by atoms with Crippen LogP contribution in [0.1, 0.15) is 83.5 Å². The highest BCUT2D eigenvalue weighted by atomic mass is 29.3. The molecule has 0 unspecified atom stereocenters. The van der Waals surface area contributed by atoms with Crippen LogP contribution in [0.25, 0.3) is 0 Å². The van der Waals surface area contributed by atoms with Crippen LogP contribution >= 0.6 is 0 Å². The molecule has 0 aromatic heterocycles. The minimum Gasteiger partial charge on any atom is -0.0668 e. The van der Waals surface area contributed by atoms with Crippen molar-refractivity contribution in [2.45, 2.75) is 123 Å². The standard InChI is InChI=1S/C36H54Si2/c1-19-22(4)28(10)34(29(11)23(19)5)37(16,17)38(18,35-30(12)24(6)20(2)25(7)31(35)13)36-32(14)26(8)21(3)27(9)33(36)15/h1-18H3. The minimum absolute atomic E-state index is 1.47. The van der Waals surface area contributed by atoms with Crippen molar-refractivity contribution in [1.29, 1.82) is 0 Å². The third kappa shape index (κ3) is 3.96. The Morgan fingerprint density at radius 3 is 0.605 bits per heavy atom. The van der Waals surface area contributed by atoms with Gasteiger partial charge in [0, 0.05) is 0 Å². The number of benzene rings is 3. The zero-order valence-corrected chi connectivity index (χ0v) is 30.0. The highest BCUT2D eigenvalue weighted by molar-refractivity contribution is 7.55. The topological polar surface area (TPSA) is 0 Å². The lowest BCUT2D eigenvalue weighted by Crippen LogP contribution is -2.79. The summed E-state index contributed by atoms with van der Waals surface area (Å²) >= 11 is 0. The molecule has 0 amide bonds. The van der Waals surface area contributed by atoms with Gasteiger partial charge in [0.2, 0.25) is 0 Å². The highest BCUT2D eigenvalue weighted by Crippen LogP contribution is 2.34. The Balaban J connectivity index is 2.75. The van der Waals surface area contributed by atoms with Gasteiger partial charge in [0.1, 0.15) is 7.59 Å². The van der Waals surface area contributed by atoms with Crippen molar-refractivity contribution in [2.75, 3.05) is 0 Å². The fraction of sp³-hybridized carbons (Fsp3) is 0.500. The summed E-state index contributed by atoms with van der Waals surface area (Å²) in [6.07, 6.45) is 0. The Morgan fingerprint density at radius 1 is 0.237 bits per heavy atom. The van der Waals surface area contributed by atoms with E-state index in [1.165, 1.54) is 50.1 Å². The zero-order valence-electron chi connectivity index (χ0n) is 28.0. The normalized spacial score (nSPS) is 12.5. The van der Waals surface area contributed by atoms with Crippen molar-refractivity contribution in [3.05, 3.63) is 83.5 Å². The van der Waals surface area contributed by atoms with E-state index in [-0.39, 0.29) is 0 Å². The summed E-state index contributed by atoms with van der Waals surface area (Å²) in [6.45, 7) is 44.0. The summed E-state index contributed by atoms with van der Waals surface area (Å²) in [5, 5.41) is 5.16. The maximum absolute atomic E-state index is 2.77. The van der Waals surface area contributed by atoms with E-state index in [1.807, 2.05) is 0 Å². The van der Waals surface area contributed by atoms with Crippen molar-refractivity contribution >= 4 is 30.7 Å². The molecular formula is C36H54Si2. The van der Waals surface area contributed by atoms with Crippen LogP contribution in [0, 0.1) is 104 Å². The maximum Gasteiger partial charge on any atom is 0.114 e. The molecule has 0 nitrogen and oxygen atoms in total. The van der Waals surface area contributed by atoms with Crippen molar-refractivity contribution in [3.63, 3.8) is 0 Å². The lowest BCUT2D eigenvalue weighted by atomic mass is 9.95. The minimum atomic E-state index is -2.31. The summed E-state index contributed by atoms with van der Waals surface area (Å²) < 4.78 is 0. The molecule has 2 heteroatoms. The molecule has 0 bridgehead atoms. The molecule has 0 N–H and O–H groups in total. The Morgan fingerprint density at radius 2 is 0.395 bits per heavy atom. The summed E-state index contributed by atoms with van der Waals surface area (Å²) in [7, 11) is -4.41. The first-order chi connectivity index (χ1) is 17.3. The lowest BCUT2D eigenvalue weighted by molar-refractivity contribution is 1.18. The molecule has 3 aromatic rings. The van der Waals surface area contributed by atoms with Crippen molar-refractivity contribution in [3.8, 4) is 0 Å². The predicted molar refractivity (Wildman–Crippen MR) is 178 cm³/mol. The molecule has 38 heavy (non-hydrogen) atoms. The summed E-state index contributed by atoms with van der Waals surface area (Å²) in [4.78, 5) is 0. The first-order valence-corrected chi connectivity index (χ1v) is 21.0. The van der Waals surface area contributed by atoms with Gasteiger partial charge in [-0.1, -0.05) is 35.2 Å². The monoisotopic (exact) mass is 542 g/mol. The van der Waals surface area contributed by atoms with Gasteiger partial charge in [0.05, 0.1) is 7.59 Å². The van der Waals surface area contributed by atoms with Crippen LogP contribution in [0.3, 0.4) is 0 Å². The van der Waals surface area contributed by atoms with Crippen LogP contribution in [0.4, 0.5) is 0 Å². The van der Waals surface area contributed by atoms with Crippen LogP contribution in [-0.2, 0) is 0 Å². The van der Waals surface area contributed by atoms with E-state index in [0.717, 1.165) is 0 Å². The van der Waals surface area contributed by atoms with E-state index >= 15 is 0 Å². The zero-order chi connectivity index (χ0) is 29.4. The Bertz CT molecular complexity index is 1320. The van der Waals surface area contributed by atoms with Crippen molar-refractivity contribution in [2.24, 2.45) is 0 Å². The lowest BCUT2D eigenvalue weighted by Gasteiger charge is -2.48. The van der Waals surface area contributed by atoms with E-state index in [4.69, 9.17) is 0 Å². The average molecular weight is 543 g/mol. The van der Waals surface area contributed by atoms with Gasteiger partial charge in [-0.3, -0.25) is 0 Å². The van der Waals surface area contributed by atoms with Crippen LogP contribution in [0.15, 0.2) is 0 Å². The smallest absolute Gasteiger partial charge is 0.0668 e. The van der Waals surface area contributed by atoms with Gasteiger partial charge in [-0.15, -0.1) is 0 Å². The van der Waals surface area contributed by atoms with Crippen molar-refractivity contribution in [1.82, 2.24) is 0 Å². The fourth-order valence-electron chi connectivity index (χ4n) is 7.94. The molecule has 0 aliphatic carbocycles. The number of hydrogen-bond acceptors (Lipinski definition) is 0. The first-order valence-electron chi connectivity index (χ1n) is 14.5. The summed E-state index contributed by atoms with van der Waals surface area (Å²) in [5.74, 6) is 0. The first kappa shape index (κ1) is 30.6. The molecule has 0 saturated carbocycles. The highest BCUT2D eigenvalue weighted by Gasteiger charge is 2.53. The molecule has 0 atom stereocenters. The Hall–Kier alpha value is -1.91. The third-order valence-corrected chi connectivity index (χ3v) is 29.6. The summed E-state index contributed by atoms with van der Waals surface area (Å²) in [5.41, 5.74) is 22.7. The van der Waals surface area contributed by atoms with Gasteiger partial charge in [0.15, 0.2) is 0 Å². The van der Waals surface area contributed by atoms with Gasteiger partial charge >= 0.3 is 0 Å². The summed E-state index contributed by atoms with van der Waals surface area (Å²) in [6, 6.07) is 0. The van der Waals surface area contributed by atoms with Gasteiger partial charge in [-0.05, 0) is 187 Å². The molecular weight excluding hydrogens is 489 g/mol. The second kappa shape index (κ2) is 9.93. The van der Waals surface area contributed by atoms with Crippen LogP contribution in [0.2, 0.25) is 19.6 Å². The van der Waals surface area contributed by atoms with Crippen molar-refractivity contribution < 1.29 is 0 Å². The molecule has 0 radical (unpaired) electrons. The van der Waals surface area contributed by atoms with E-state index < -0.39 is 15.2 Å². The number of rotatable bonds is 4. The Kier molecular flexibility index (Phi) is 8.00. The second-order valence-corrected chi connectivity index (χ2v) is 27.0. The third-order valence-electron chi connectivity index (χ3n) is 11.9. The van der Waals surface area contributed by atoms with Crippen LogP contribution < -0.4 is 15.6 Å². The molecule has 0 saturated heterocycles. The van der Waals surface area contributed by atoms with Crippen LogP contribution in [0.5, 0.6) is 0 Å². The van der Waals surface area contributed by atoms with Crippen LogP contribution in [-0.4, -0.2) is 15.2 Å². The number of hydrogen-bond donors (Lipinski definition) is 0. The van der Waals surface area contributed by atoms with E-state index in [2.05, 4.69) is 123 Å². The van der Waals surface area contributed by atoms with E-state index in [1.54, 1.807) is 48.9 Å². The van der Waals surface area contributed by atoms with Gasteiger partial charge in [-0.2, -0.15) is 0 Å². The molecule has 0 aliphatic rings. The quantitative estimate of drug-likeness (QED) is 0.291. The van der Waals surface area contributed by atoms with E-state index in [0.29, 0.717) is 0 Å². The molecule has 0 spiro atoms. The van der Waals surface area contributed by atoms with E-state index in [9.17, 15) is 0 Å². The molecule has 0 aliphatic heterocycles. The van der Waals surface area contributed by atoms with Gasteiger partial charge in [-0.25, -0.2) is 0 Å². The SMILES string of the molecule is Cc1c(C)c(C)c([Si](C)(C)[Si](C)(c2c(C)c(C)c(C)c(C)c2C)c2c(C)c(C)c(C)c(C)c2C)c(C)c1C. The molecule has 0 heterocycles. The largest absolute Gasteiger partial charge is 0.114 e. The van der Waals surface area contributed by atoms with Gasteiger partial charge in [0.25, 0.3) is 0 Å². The molecule has 206 valence electrons. The average Bonchev–Trinajstić information content (AvgIpc) is 2.86. The van der Waals surface area contributed by atoms with Gasteiger partial charge < -0.3 is 0 Å².